The van der Waals surface area contributed by atoms with Crippen molar-refractivity contribution in [2.24, 2.45) is 11.8 Å². The van der Waals surface area contributed by atoms with Crippen molar-refractivity contribution < 1.29 is 23.8 Å². The molecule has 0 unspecified atom stereocenters. The number of carbonyl (C=O) groups excluding carboxylic acids is 2. The smallest absolute Gasteiger partial charge is 0.233 e. The Kier molecular flexibility index (Phi) is 3.54. The molecule has 2 aromatic rings. The lowest BCUT2D eigenvalue weighted by Crippen LogP contribution is -2.41. The highest BCUT2D eigenvalue weighted by Gasteiger charge is 2.66. The summed E-state index contributed by atoms with van der Waals surface area (Å²) < 4.78 is 16.9. The number of benzene rings is 1. The van der Waals surface area contributed by atoms with E-state index in [9.17, 15) is 9.59 Å². The molecule has 1 aromatic carbocycles. The van der Waals surface area contributed by atoms with E-state index < -0.39 is 17.4 Å². The number of nitrogens with zero attached hydrogens (tertiary/aromatic N) is 2. The van der Waals surface area contributed by atoms with E-state index in [0.29, 0.717) is 29.7 Å². The molecule has 0 saturated carbocycles. The van der Waals surface area contributed by atoms with Crippen LogP contribution in [0.1, 0.15) is 5.56 Å². The monoisotopic (exact) mass is 411 g/mol. The second-order valence-electron chi connectivity index (χ2n) is 7.61. The number of fused-ring (bicyclic) bond motifs is 2. The fraction of sp³-hybridized carbons (Fsp3) is 0.350. The van der Waals surface area contributed by atoms with Crippen LogP contribution in [-0.4, -0.2) is 46.7 Å². The van der Waals surface area contributed by atoms with E-state index >= 15 is 0 Å². The van der Waals surface area contributed by atoms with Gasteiger partial charge >= 0.3 is 0 Å². The third kappa shape index (κ3) is 2.50. The molecule has 6 rings (SSSR count). The van der Waals surface area contributed by atoms with Crippen molar-refractivity contribution in [2.45, 2.75) is 18.2 Å². The number of carbonyl (C=O) groups is 2. The van der Waals surface area contributed by atoms with Crippen molar-refractivity contribution in [3.8, 4) is 11.5 Å². The Labute approximate surface area is 170 Å². The molecule has 4 aliphatic rings. The fourth-order valence-electron chi connectivity index (χ4n) is 4.75. The van der Waals surface area contributed by atoms with Crippen molar-refractivity contribution in [1.82, 2.24) is 9.88 Å². The van der Waals surface area contributed by atoms with Crippen LogP contribution in [0.25, 0.3) is 0 Å². The Hall–Kier alpha value is -2.91. The van der Waals surface area contributed by atoms with Crippen molar-refractivity contribution in [3.63, 3.8) is 0 Å². The van der Waals surface area contributed by atoms with Gasteiger partial charge in [0.15, 0.2) is 16.6 Å². The second-order valence-corrected chi connectivity index (χ2v) is 8.50. The maximum absolute atomic E-state index is 13.3. The quantitative estimate of drug-likeness (QED) is 0.772. The molecule has 5 heterocycles. The summed E-state index contributed by atoms with van der Waals surface area (Å²) in [6.45, 7) is 1.07. The van der Waals surface area contributed by atoms with E-state index in [1.54, 1.807) is 16.5 Å². The van der Waals surface area contributed by atoms with Crippen molar-refractivity contribution in [1.29, 1.82) is 0 Å². The van der Waals surface area contributed by atoms with Gasteiger partial charge in [0.1, 0.15) is 5.60 Å². The minimum atomic E-state index is -0.733. The van der Waals surface area contributed by atoms with Crippen LogP contribution >= 0.6 is 11.3 Å². The van der Waals surface area contributed by atoms with E-state index in [2.05, 4.69) is 10.3 Å². The molecule has 0 radical (unpaired) electrons. The van der Waals surface area contributed by atoms with Crippen molar-refractivity contribution >= 4 is 28.3 Å². The van der Waals surface area contributed by atoms with Crippen LogP contribution in [0.4, 0.5) is 5.13 Å². The van der Waals surface area contributed by atoms with Crippen LogP contribution in [0.15, 0.2) is 41.9 Å². The van der Waals surface area contributed by atoms with E-state index in [1.807, 2.05) is 30.4 Å². The molecule has 4 aliphatic heterocycles. The Bertz CT molecular complexity index is 1040. The first-order chi connectivity index (χ1) is 14.1. The summed E-state index contributed by atoms with van der Waals surface area (Å²) in [4.78, 5) is 32.1. The highest BCUT2D eigenvalue weighted by Crippen LogP contribution is 2.52. The molecule has 2 bridgehead atoms. The zero-order chi connectivity index (χ0) is 19.6. The predicted octanol–water partition coefficient (Wildman–Crippen LogP) is 1.79. The summed E-state index contributed by atoms with van der Waals surface area (Å²) in [7, 11) is 0. The summed E-state index contributed by atoms with van der Waals surface area (Å²) >= 11 is 1.35. The number of hydrogen-bond acceptors (Lipinski definition) is 7. The lowest BCUT2D eigenvalue weighted by atomic mass is 9.77. The number of thiazole rings is 1. The number of anilines is 1. The first-order valence-electron chi connectivity index (χ1n) is 9.38. The Morgan fingerprint density at radius 2 is 2.24 bits per heavy atom. The molecule has 1 aromatic heterocycles. The molecule has 1 N–H and O–H groups in total. The number of rotatable bonds is 4. The van der Waals surface area contributed by atoms with E-state index in [1.165, 1.54) is 11.3 Å². The zero-order valence-electron chi connectivity index (χ0n) is 15.2. The number of nitrogens with one attached hydrogen (secondary N) is 1. The minimum Gasteiger partial charge on any atom is -0.454 e. The van der Waals surface area contributed by atoms with Crippen LogP contribution in [0, 0.1) is 11.8 Å². The molecule has 2 fully saturated rings. The van der Waals surface area contributed by atoms with Gasteiger partial charge in [-0.3, -0.25) is 9.59 Å². The predicted molar refractivity (Wildman–Crippen MR) is 102 cm³/mol. The summed E-state index contributed by atoms with van der Waals surface area (Å²) in [5.74, 6) is 0.0314. The van der Waals surface area contributed by atoms with Gasteiger partial charge in [-0.25, -0.2) is 4.98 Å². The van der Waals surface area contributed by atoms with Gasteiger partial charge in [0.2, 0.25) is 18.6 Å². The Morgan fingerprint density at radius 1 is 1.34 bits per heavy atom. The molecule has 2 saturated heterocycles. The maximum Gasteiger partial charge on any atom is 0.233 e. The van der Waals surface area contributed by atoms with Gasteiger partial charge < -0.3 is 24.4 Å². The van der Waals surface area contributed by atoms with Crippen molar-refractivity contribution in [3.05, 3.63) is 47.5 Å². The van der Waals surface area contributed by atoms with Gasteiger partial charge in [-0.1, -0.05) is 18.2 Å². The second kappa shape index (κ2) is 6.04. The third-order valence-electron chi connectivity index (χ3n) is 5.95. The number of amides is 2. The van der Waals surface area contributed by atoms with Gasteiger partial charge in [-0.15, -0.1) is 11.3 Å². The normalized spacial score (nSPS) is 30.8. The largest absolute Gasteiger partial charge is 0.454 e. The molecule has 148 valence electrons. The van der Waals surface area contributed by atoms with Gasteiger partial charge in [-0.05, 0) is 17.7 Å². The van der Waals surface area contributed by atoms with Crippen LogP contribution < -0.4 is 14.8 Å². The van der Waals surface area contributed by atoms with Crippen LogP contribution in [0.3, 0.4) is 0 Å². The van der Waals surface area contributed by atoms with E-state index in [0.717, 1.165) is 5.56 Å². The number of ether oxygens (including phenoxy) is 3. The molecule has 8 nitrogen and oxygen atoms in total. The fourth-order valence-corrected chi connectivity index (χ4v) is 5.28. The summed E-state index contributed by atoms with van der Waals surface area (Å²) in [5, 5.41) is 5.14. The van der Waals surface area contributed by atoms with Gasteiger partial charge in [0.25, 0.3) is 0 Å². The summed E-state index contributed by atoms with van der Waals surface area (Å²) in [6.07, 6.45) is 5.11. The lowest BCUT2D eigenvalue weighted by Gasteiger charge is -2.23. The molecule has 2 amide bonds. The third-order valence-corrected chi connectivity index (χ3v) is 6.64. The van der Waals surface area contributed by atoms with Crippen LogP contribution in [0.2, 0.25) is 0 Å². The molecule has 29 heavy (non-hydrogen) atoms. The number of hydrogen-bond donors (Lipinski definition) is 1. The maximum atomic E-state index is 13.3. The Balaban J connectivity index is 1.25. The number of likely N-dealkylation sites (tertiary alicyclic amines) is 1. The van der Waals surface area contributed by atoms with Gasteiger partial charge in [0, 0.05) is 18.1 Å². The molecule has 9 heteroatoms. The zero-order valence-corrected chi connectivity index (χ0v) is 16.1. The van der Waals surface area contributed by atoms with E-state index in [-0.39, 0.29) is 24.7 Å². The Morgan fingerprint density at radius 3 is 3.10 bits per heavy atom. The SMILES string of the molecule is O=C(Nc1nccs1)[C@H]1[C@H]2C=C[C@]3(CN(Cc4ccc5c(c4)OCO5)C(=O)[C@@H]13)O2. The first kappa shape index (κ1) is 17.0. The molecular formula is C20H17N3O5S. The summed E-state index contributed by atoms with van der Waals surface area (Å²) in [6, 6.07) is 5.67. The molecule has 4 atom stereocenters. The van der Waals surface area contributed by atoms with Gasteiger partial charge in [0.05, 0.1) is 24.5 Å². The first-order valence-corrected chi connectivity index (χ1v) is 10.3. The number of aromatic nitrogens is 1. The van der Waals surface area contributed by atoms with Crippen molar-refractivity contribution in [2.75, 3.05) is 18.7 Å². The minimum absolute atomic E-state index is 0.0613. The standard InChI is InChI=1S/C20H17N3O5S/c24-17(22-19-21-5-6-29-19)15-13-3-4-20(28-13)9-23(18(25)16(15)20)8-11-1-2-12-14(7-11)27-10-26-12/h1-7,13,15-16H,8-10H2,(H,21,22,24)/t13-,15+,16-,20-/m1/s1. The van der Waals surface area contributed by atoms with Gasteiger partial charge in [-0.2, -0.15) is 0 Å². The summed E-state index contributed by atoms with van der Waals surface area (Å²) in [5.41, 5.74) is 0.212. The molecule has 0 aliphatic carbocycles. The molecular weight excluding hydrogens is 394 g/mol. The molecule has 1 spiro atoms. The highest BCUT2D eigenvalue weighted by atomic mass is 32.1. The van der Waals surface area contributed by atoms with E-state index in [4.69, 9.17) is 14.2 Å². The topological polar surface area (TPSA) is 90.0 Å². The lowest BCUT2D eigenvalue weighted by molar-refractivity contribution is -0.136. The van der Waals surface area contributed by atoms with Crippen LogP contribution in [-0.2, 0) is 20.9 Å². The average Bonchev–Trinajstić information content (AvgIpc) is 3.50. The highest BCUT2D eigenvalue weighted by molar-refractivity contribution is 7.13. The van der Waals surface area contributed by atoms with Crippen LogP contribution in [0.5, 0.6) is 11.5 Å². The average molecular weight is 411 g/mol.